The number of aromatic nitrogens is 1. The van der Waals surface area contributed by atoms with E-state index >= 15 is 0 Å². The molecule has 1 aliphatic rings. The minimum Gasteiger partial charge on any atom is -0.328 e. The van der Waals surface area contributed by atoms with E-state index in [2.05, 4.69) is 22.6 Å². The van der Waals surface area contributed by atoms with Gasteiger partial charge < -0.3 is 9.80 Å². The number of quaternary nitrogens is 2. The number of piperazine rings is 1. The SMILES string of the molecule is C[NH+]1CC[NH+](CCC(=O)N/N=C\c2ccccn2)CC1. The quantitative estimate of drug-likeness (QED) is 0.406. The Hall–Kier alpha value is -1.79. The first-order valence-electron chi connectivity index (χ1n) is 7.12. The van der Waals surface area contributed by atoms with E-state index in [1.165, 1.54) is 18.0 Å². The number of hydrogen-bond acceptors (Lipinski definition) is 3. The molecular formula is C14H23N5O+2. The molecule has 20 heavy (non-hydrogen) atoms. The molecule has 0 unspecified atom stereocenters. The first-order valence-corrected chi connectivity index (χ1v) is 7.12. The lowest BCUT2D eigenvalue weighted by molar-refractivity contribution is -1.00. The molecule has 0 spiro atoms. The van der Waals surface area contributed by atoms with Crippen LogP contribution in [0.15, 0.2) is 29.5 Å². The largest absolute Gasteiger partial charge is 0.328 e. The Balaban J connectivity index is 1.64. The third-order valence-electron chi connectivity index (χ3n) is 3.59. The van der Waals surface area contributed by atoms with E-state index in [9.17, 15) is 4.79 Å². The van der Waals surface area contributed by atoms with Gasteiger partial charge in [-0.3, -0.25) is 9.78 Å². The lowest BCUT2D eigenvalue weighted by Crippen LogP contribution is -3.27. The Morgan fingerprint density at radius 3 is 2.90 bits per heavy atom. The van der Waals surface area contributed by atoms with E-state index < -0.39 is 0 Å². The van der Waals surface area contributed by atoms with E-state index in [1.54, 1.807) is 17.3 Å². The Kier molecular flexibility index (Phi) is 5.64. The normalized spacial score (nSPS) is 22.9. The maximum Gasteiger partial charge on any atom is 0.245 e. The van der Waals surface area contributed by atoms with Crippen molar-refractivity contribution >= 4 is 12.1 Å². The zero-order chi connectivity index (χ0) is 14.2. The average molecular weight is 277 g/mol. The van der Waals surface area contributed by atoms with E-state index in [-0.39, 0.29) is 5.91 Å². The van der Waals surface area contributed by atoms with Gasteiger partial charge in [-0.2, -0.15) is 5.10 Å². The predicted molar refractivity (Wildman–Crippen MR) is 76.8 cm³/mol. The van der Waals surface area contributed by atoms with Crippen LogP contribution in [0.3, 0.4) is 0 Å². The maximum absolute atomic E-state index is 11.7. The summed E-state index contributed by atoms with van der Waals surface area (Å²) in [6, 6.07) is 5.57. The molecule has 3 N–H and O–H groups in total. The second-order valence-electron chi connectivity index (χ2n) is 5.25. The third kappa shape index (κ3) is 5.07. The van der Waals surface area contributed by atoms with E-state index in [1.807, 2.05) is 18.2 Å². The maximum atomic E-state index is 11.7. The molecule has 0 bridgehead atoms. The lowest BCUT2D eigenvalue weighted by Gasteiger charge is -2.26. The van der Waals surface area contributed by atoms with Crippen molar-refractivity contribution in [2.75, 3.05) is 39.8 Å². The van der Waals surface area contributed by atoms with Crippen molar-refractivity contribution in [3.63, 3.8) is 0 Å². The second-order valence-corrected chi connectivity index (χ2v) is 5.25. The Labute approximate surface area is 119 Å². The van der Waals surface area contributed by atoms with Crippen LogP contribution >= 0.6 is 0 Å². The van der Waals surface area contributed by atoms with Crippen molar-refractivity contribution in [1.82, 2.24) is 10.4 Å². The zero-order valence-electron chi connectivity index (χ0n) is 11.9. The Bertz CT molecular complexity index is 440. The van der Waals surface area contributed by atoms with Crippen molar-refractivity contribution in [2.24, 2.45) is 5.10 Å². The fourth-order valence-corrected chi connectivity index (χ4v) is 2.25. The molecule has 1 saturated heterocycles. The average Bonchev–Trinajstić information content (AvgIpc) is 2.48. The van der Waals surface area contributed by atoms with Gasteiger partial charge in [0.2, 0.25) is 5.91 Å². The van der Waals surface area contributed by atoms with Gasteiger partial charge in [0.25, 0.3) is 0 Å². The highest BCUT2D eigenvalue weighted by atomic mass is 16.2. The van der Waals surface area contributed by atoms with Gasteiger partial charge in [0.1, 0.15) is 26.2 Å². The lowest BCUT2D eigenvalue weighted by atomic mass is 10.3. The molecule has 0 aromatic carbocycles. The molecule has 108 valence electrons. The second kappa shape index (κ2) is 7.72. The molecule has 1 amide bonds. The molecule has 6 heteroatoms. The highest BCUT2D eigenvalue weighted by Crippen LogP contribution is 1.87. The molecule has 0 aliphatic carbocycles. The molecule has 2 rings (SSSR count). The van der Waals surface area contributed by atoms with E-state index in [0.717, 1.165) is 25.3 Å². The summed E-state index contributed by atoms with van der Waals surface area (Å²) < 4.78 is 0. The molecule has 6 nitrogen and oxygen atoms in total. The van der Waals surface area contributed by atoms with Crippen LogP contribution in [0.4, 0.5) is 0 Å². The smallest absolute Gasteiger partial charge is 0.245 e. The highest BCUT2D eigenvalue weighted by molar-refractivity contribution is 5.80. The fourth-order valence-electron chi connectivity index (χ4n) is 2.25. The van der Waals surface area contributed by atoms with Crippen LogP contribution in [0.1, 0.15) is 12.1 Å². The molecular weight excluding hydrogens is 254 g/mol. The van der Waals surface area contributed by atoms with E-state index in [0.29, 0.717) is 6.42 Å². The van der Waals surface area contributed by atoms with Crippen LogP contribution in [-0.2, 0) is 4.79 Å². The fraction of sp³-hybridized carbons (Fsp3) is 0.500. The standard InChI is InChI=1S/C14H21N5O/c1-18-8-10-19(11-9-18)7-5-14(20)17-16-12-13-4-2-3-6-15-13/h2-4,6,12H,5,7-11H2,1H3,(H,17,20)/p+2/b16-12-. The first-order chi connectivity index (χ1) is 9.74. The Morgan fingerprint density at radius 1 is 1.40 bits per heavy atom. The van der Waals surface area contributed by atoms with Gasteiger partial charge in [0, 0.05) is 6.20 Å². The molecule has 1 aliphatic heterocycles. The number of likely N-dealkylation sites (N-methyl/N-ethyl adjacent to an activating group) is 1. The Morgan fingerprint density at radius 2 is 2.20 bits per heavy atom. The van der Waals surface area contributed by atoms with Crippen molar-refractivity contribution < 1.29 is 14.6 Å². The van der Waals surface area contributed by atoms with Gasteiger partial charge >= 0.3 is 0 Å². The number of amides is 1. The minimum atomic E-state index is -0.0315. The van der Waals surface area contributed by atoms with Crippen molar-refractivity contribution in [1.29, 1.82) is 0 Å². The van der Waals surface area contributed by atoms with Gasteiger partial charge in [-0.15, -0.1) is 0 Å². The summed E-state index contributed by atoms with van der Waals surface area (Å²) >= 11 is 0. The number of carbonyl (C=O) groups excluding carboxylic acids is 1. The minimum absolute atomic E-state index is 0.0315. The summed E-state index contributed by atoms with van der Waals surface area (Å²) in [7, 11) is 2.22. The first kappa shape index (κ1) is 14.6. The summed E-state index contributed by atoms with van der Waals surface area (Å²) in [4.78, 5) is 18.9. The molecule has 0 saturated carbocycles. The van der Waals surface area contributed by atoms with Crippen LogP contribution in [-0.4, -0.2) is 56.9 Å². The van der Waals surface area contributed by atoms with Gasteiger partial charge in [0.15, 0.2) is 0 Å². The van der Waals surface area contributed by atoms with Gasteiger partial charge in [0.05, 0.1) is 31.9 Å². The summed E-state index contributed by atoms with van der Waals surface area (Å²) in [5.74, 6) is -0.0315. The molecule has 0 radical (unpaired) electrons. The number of carbonyl (C=O) groups is 1. The molecule has 0 atom stereocenters. The number of nitrogens with zero attached hydrogens (tertiary/aromatic N) is 2. The summed E-state index contributed by atoms with van der Waals surface area (Å²) in [6.45, 7) is 5.56. The van der Waals surface area contributed by atoms with Crippen LogP contribution in [0, 0.1) is 0 Å². The number of hydrogen-bond donors (Lipinski definition) is 3. The van der Waals surface area contributed by atoms with Crippen LogP contribution in [0.2, 0.25) is 0 Å². The van der Waals surface area contributed by atoms with Crippen molar-refractivity contribution in [3.05, 3.63) is 30.1 Å². The zero-order valence-corrected chi connectivity index (χ0v) is 11.9. The van der Waals surface area contributed by atoms with Gasteiger partial charge in [-0.1, -0.05) is 6.07 Å². The van der Waals surface area contributed by atoms with Crippen LogP contribution < -0.4 is 15.2 Å². The monoisotopic (exact) mass is 277 g/mol. The number of rotatable bonds is 5. The summed E-state index contributed by atoms with van der Waals surface area (Å²) in [5, 5.41) is 3.92. The van der Waals surface area contributed by atoms with E-state index in [4.69, 9.17) is 0 Å². The predicted octanol–water partition coefficient (Wildman–Crippen LogP) is -2.66. The van der Waals surface area contributed by atoms with Gasteiger partial charge in [-0.25, -0.2) is 5.43 Å². The molecule has 1 fully saturated rings. The van der Waals surface area contributed by atoms with Crippen LogP contribution in [0.5, 0.6) is 0 Å². The molecule has 1 aromatic heterocycles. The van der Waals surface area contributed by atoms with Gasteiger partial charge in [-0.05, 0) is 12.1 Å². The van der Waals surface area contributed by atoms with Crippen LogP contribution in [0.25, 0.3) is 0 Å². The third-order valence-corrected chi connectivity index (χ3v) is 3.59. The van der Waals surface area contributed by atoms with Crippen molar-refractivity contribution in [2.45, 2.75) is 6.42 Å². The number of hydrazone groups is 1. The summed E-state index contributed by atoms with van der Waals surface area (Å²) in [6.07, 6.45) is 3.78. The summed E-state index contributed by atoms with van der Waals surface area (Å²) in [5.41, 5.74) is 3.29. The molecule has 2 heterocycles. The van der Waals surface area contributed by atoms with Crippen molar-refractivity contribution in [3.8, 4) is 0 Å². The topological polar surface area (TPSA) is 63.2 Å². The number of pyridine rings is 1. The highest BCUT2D eigenvalue weighted by Gasteiger charge is 2.20. The molecule has 1 aromatic rings. The number of nitrogens with one attached hydrogen (secondary N) is 3.